The molecule has 1 aliphatic rings. The molecule has 0 radical (unpaired) electrons. The fraction of sp³-hybridized carbons (Fsp3) is 0.400. The van der Waals surface area contributed by atoms with Crippen molar-refractivity contribution in [2.45, 2.75) is 25.8 Å². The normalized spacial score (nSPS) is 17.1. The topological polar surface area (TPSA) is 44.8 Å². The molecule has 1 atom stereocenters. The summed E-state index contributed by atoms with van der Waals surface area (Å²) in [6, 6.07) is 2.88. The summed E-state index contributed by atoms with van der Waals surface area (Å²) in [5.41, 5.74) is 0.0222. The third-order valence-corrected chi connectivity index (χ3v) is 3.32. The fourth-order valence-electron chi connectivity index (χ4n) is 2.23. The van der Waals surface area contributed by atoms with Crippen LogP contribution >= 0.6 is 11.6 Å². The Morgan fingerprint density at radius 2 is 2.09 bits per heavy atom. The van der Waals surface area contributed by atoms with Crippen LogP contribution in [0.4, 0.5) is 13.2 Å². The highest BCUT2D eigenvalue weighted by molar-refractivity contribution is 6.30. The summed E-state index contributed by atoms with van der Waals surface area (Å²) >= 11 is 5.95. The largest absolute Gasteiger partial charge is 0.475 e. The molecule has 0 saturated carbocycles. The van der Waals surface area contributed by atoms with Gasteiger partial charge in [-0.05, 0) is 25.1 Å². The molecule has 0 N–H and O–H groups in total. The average molecular weight is 351 g/mol. The van der Waals surface area contributed by atoms with E-state index in [1.165, 1.54) is 26.2 Å². The molecule has 1 aromatic rings. The van der Waals surface area contributed by atoms with Crippen molar-refractivity contribution in [3.63, 3.8) is 0 Å². The Kier molecular flexibility index (Phi) is 5.21. The quantitative estimate of drug-likeness (QED) is 0.776. The predicted octanol–water partition coefficient (Wildman–Crippen LogP) is 3.76. The number of alkyl halides is 3. The van der Waals surface area contributed by atoms with Crippen LogP contribution in [0.1, 0.15) is 18.1 Å². The van der Waals surface area contributed by atoms with E-state index in [-0.39, 0.29) is 24.5 Å². The summed E-state index contributed by atoms with van der Waals surface area (Å²) in [7, 11) is 1.40. The second-order valence-electron chi connectivity index (χ2n) is 4.78. The van der Waals surface area contributed by atoms with E-state index in [1.807, 2.05) is 0 Å². The van der Waals surface area contributed by atoms with Gasteiger partial charge in [-0.1, -0.05) is 11.6 Å². The zero-order valence-corrected chi connectivity index (χ0v) is 13.1. The highest BCUT2D eigenvalue weighted by Gasteiger charge is 2.49. The van der Waals surface area contributed by atoms with Crippen LogP contribution in [0.25, 0.3) is 6.08 Å². The van der Waals surface area contributed by atoms with Crippen LogP contribution < -0.4 is 4.74 Å². The lowest BCUT2D eigenvalue weighted by atomic mass is 9.99. The summed E-state index contributed by atoms with van der Waals surface area (Å²) in [6.07, 6.45) is -6.06. The van der Waals surface area contributed by atoms with E-state index in [1.54, 1.807) is 0 Å². The van der Waals surface area contributed by atoms with Crippen LogP contribution in [-0.4, -0.2) is 32.0 Å². The maximum atomic E-state index is 13.3. The van der Waals surface area contributed by atoms with Gasteiger partial charge in [-0.2, -0.15) is 13.2 Å². The predicted molar refractivity (Wildman–Crippen MR) is 77.2 cm³/mol. The van der Waals surface area contributed by atoms with Crippen LogP contribution in [0, 0.1) is 0 Å². The van der Waals surface area contributed by atoms with E-state index >= 15 is 0 Å². The van der Waals surface area contributed by atoms with Gasteiger partial charge in [0.25, 0.3) is 0 Å². The molecule has 0 amide bonds. The van der Waals surface area contributed by atoms with Crippen molar-refractivity contribution in [3.05, 3.63) is 33.9 Å². The number of hydrogen-bond acceptors (Lipinski definition) is 4. The minimum atomic E-state index is -4.76. The monoisotopic (exact) mass is 350 g/mol. The molecule has 1 aliphatic heterocycles. The van der Waals surface area contributed by atoms with Gasteiger partial charge in [0.1, 0.15) is 5.75 Å². The lowest BCUT2D eigenvalue weighted by Gasteiger charge is -2.29. The first kappa shape index (κ1) is 17.6. The Morgan fingerprint density at radius 3 is 2.65 bits per heavy atom. The van der Waals surface area contributed by atoms with Crippen molar-refractivity contribution in [3.8, 4) is 5.75 Å². The number of carbonyl (C=O) groups is 1. The first-order valence-corrected chi connectivity index (χ1v) is 7.09. The standard InChI is InChI=1S/C15H14ClF3O4/c1-3-22-14(20)11-6-8-4-10(16)5-9(7-21-2)12(8)23-13(11)15(17,18)19/h4-6,13H,3,7H2,1-2H3. The van der Waals surface area contributed by atoms with E-state index in [4.69, 9.17) is 21.1 Å². The van der Waals surface area contributed by atoms with Gasteiger partial charge in [-0.15, -0.1) is 0 Å². The Hall–Kier alpha value is -1.73. The molecule has 1 heterocycles. The molecule has 0 fully saturated rings. The van der Waals surface area contributed by atoms with Gasteiger partial charge in [0.2, 0.25) is 6.10 Å². The van der Waals surface area contributed by atoms with E-state index in [0.29, 0.717) is 10.6 Å². The Bertz CT molecular complexity index is 640. The summed E-state index contributed by atoms with van der Waals surface area (Å²) in [4.78, 5) is 11.8. The molecule has 0 aromatic heterocycles. The second kappa shape index (κ2) is 6.80. The Balaban J connectivity index is 2.56. The summed E-state index contributed by atoms with van der Waals surface area (Å²) < 4.78 is 54.5. The van der Waals surface area contributed by atoms with Gasteiger partial charge in [0.05, 0.1) is 18.8 Å². The first-order valence-electron chi connectivity index (χ1n) is 6.71. The summed E-state index contributed by atoms with van der Waals surface area (Å²) in [6.45, 7) is 1.49. The number of esters is 1. The molecule has 1 aromatic carbocycles. The lowest BCUT2D eigenvalue weighted by molar-refractivity contribution is -0.188. The minimum absolute atomic E-state index is 0.00776. The highest BCUT2D eigenvalue weighted by Crippen LogP contribution is 2.40. The molecule has 126 valence electrons. The Labute approximate surface area is 135 Å². The number of hydrogen-bond donors (Lipinski definition) is 0. The van der Waals surface area contributed by atoms with Gasteiger partial charge in [0.15, 0.2) is 0 Å². The zero-order chi connectivity index (χ0) is 17.2. The highest BCUT2D eigenvalue weighted by atomic mass is 35.5. The van der Waals surface area contributed by atoms with E-state index in [0.717, 1.165) is 6.08 Å². The van der Waals surface area contributed by atoms with Crippen LogP contribution in [0.2, 0.25) is 5.02 Å². The van der Waals surface area contributed by atoms with Crippen molar-refractivity contribution in [1.82, 2.24) is 0 Å². The second-order valence-corrected chi connectivity index (χ2v) is 5.21. The van der Waals surface area contributed by atoms with E-state index in [2.05, 4.69) is 4.74 Å². The smallest absolute Gasteiger partial charge is 0.430 e. The van der Waals surface area contributed by atoms with E-state index < -0.39 is 23.8 Å². The van der Waals surface area contributed by atoms with Gasteiger partial charge >= 0.3 is 12.1 Å². The van der Waals surface area contributed by atoms with Crippen molar-refractivity contribution in [2.24, 2.45) is 0 Å². The van der Waals surface area contributed by atoms with Gasteiger partial charge < -0.3 is 14.2 Å². The molecular weight excluding hydrogens is 337 g/mol. The molecule has 8 heteroatoms. The molecule has 4 nitrogen and oxygen atoms in total. The van der Waals surface area contributed by atoms with Crippen molar-refractivity contribution < 1.29 is 32.2 Å². The molecule has 23 heavy (non-hydrogen) atoms. The molecular formula is C15H14ClF3O4. The number of fused-ring (bicyclic) bond motifs is 1. The van der Waals surface area contributed by atoms with Crippen molar-refractivity contribution in [2.75, 3.05) is 13.7 Å². The maximum Gasteiger partial charge on any atom is 0.430 e. The summed E-state index contributed by atoms with van der Waals surface area (Å²) in [5.74, 6) is -1.08. The third-order valence-electron chi connectivity index (χ3n) is 3.10. The molecule has 0 spiro atoms. The number of methoxy groups -OCH3 is 1. The summed E-state index contributed by atoms with van der Waals surface area (Å²) in [5, 5.41) is 0.296. The fourth-order valence-corrected chi connectivity index (χ4v) is 2.48. The number of benzene rings is 1. The number of halogens is 4. The van der Waals surface area contributed by atoms with Gasteiger partial charge in [-0.25, -0.2) is 4.79 Å². The molecule has 0 aliphatic carbocycles. The number of carbonyl (C=O) groups excluding carboxylic acids is 1. The van der Waals surface area contributed by atoms with Gasteiger partial charge in [-0.3, -0.25) is 0 Å². The van der Waals surface area contributed by atoms with Crippen molar-refractivity contribution >= 4 is 23.6 Å². The molecule has 1 unspecified atom stereocenters. The van der Waals surface area contributed by atoms with Gasteiger partial charge in [0, 0.05) is 23.3 Å². The molecule has 0 bridgehead atoms. The average Bonchev–Trinajstić information content (AvgIpc) is 2.45. The SMILES string of the molecule is CCOC(=O)C1=Cc2cc(Cl)cc(COC)c2OC1C(F)(F)F. The Morgan fingerprint density at radius 1 is 1.39 bits per heavy atom. The number of rotatable bonds is 4. The van der Waals surface area contributed by atoms with Crippen LogP contribution in [-0.2, 0) is 20.9 Å². The number of ether oxygens (including phenoxy) is 3. The zero-order valence-electron chi connectivity index (χ0n) is 12.4. The van der Waals surface area contributed by atoms with Crippen LogP contribution in [0.3, 0.4) is 0 Å². The van der Waals surface area contributed by atoms with Crippen LogP contribution in [0.5, 0.6) is 5.75 Å². The van der Waals surface area contributed by atoms with Crippen LogP contribution in [0.15, 0.2) is 17.7 Å². The van der Waals surface area contributed by atoms with Crippen molar-refractivity contribution in [1.29, 1.82) is 0 Å². The minimum Gasteiger partial charge on any atom is -0.475 e. The molecule has 2 rings (SSSR count). The lowest BCUT2D eigenvalue weighted by Crippen LogP contribution is -2.41. The first-order chi connectivity index (χ1) is 10.8. The molecule has 0 saturated heterocycles. The van der Waals surface area contributed by atoms with E-state index in [9.17, 15) is 18.0 Å². The maximum absolute atomic E-state index is 13.3. The third kappa shape index (κ3) is 3.79.